The Balaban J connectivity index is 1.95. The number of halogens is 2. The minimum atomic E-state index is -1.27. The van der Waals surface area contributed by atoms with Crippen LogP contribution >= 0.6 is 23.1 Å². The lowest BCUT2D eigenvalue weighted by molar-refractivity contribution is 0.0695. The number of rotatable bonds is 4. The van der Waals surface area contributed by atoms with Gasteiger partial charge >= 0.3 is 5.97 Å². The maximum atomic E-state index is 13.9. The highest BCUT2D eigenvalue weighted by Crippen LogP contribution is 2.34. The SMILES string of the molecule is O=C(O)c1ccc(F)c(F)c1CSc1cccc2ncsc12. The smallest absolute Gasteiger partial charge is 0.336 e. The number of nitrogens with zero attached hydrogens (tertiary/aromatic N) is 1. The topological polar surface area (TPSA) is 50.2 Å². The average Bonchev–Trinajstić information content (AvgIpc) is 2.97. The van der Waals surface area contributed by atoms with Crippen LogP contribution in [0.1, 0.15) is 15.9 Å². The summed E-state index contributed by atoms with van der Waals surface area (Å²) in [5, 5.41) is 9.11. The molecule has 0 aliphatic heterocycles. The molecule has 2 aromatic carbocycles. The number of thiazole rings is 1. The fourth-order valence-electron chi connectivity index (χ4n) is 2.06. The van der Waals surface area contributed by atoms with E-state index >= 15 is 0 Å². The summed E-state index contributed by atoms with van der Waals surface area (Å²) in [7, 11) is 0. The van der Waals surface area contributed by atoms with Crippen LogP contribution in [0.3, 0.4) is 0 Å². The molecule has 0 atom stereocenters. The number of aromatic nitrogens is 1. The van der Waals surface area contributed by atoms with E-state index < -0.39 is 17.6 Å². The van der Waals surface area contributed by atoms with Gasteiger partial charge in [-0.05, 0) is 24.3 Å². The van der Waals surface area contributed by atoms with Crippen molar-refractivity contribution in [3.8, 4) is 0 Å². The van der Waals surface area contributed by atoms with Gasteiger partial charge < -0.3 is 5.11 Å². The molecule has 1 aromatic heterocycles. The lowest BCUT2D eigenvalue weighted by atomic mass is 10.1. The molecular weight excluding hydrogens is 328 g/mol. The summed E-state index contributed by atoms with van der Waals surface area (Å²) in [6, 6.07) is 7.45. The lowest BCUT2D eigenvalue weighted by Crippen LogP contribution is -2.06. The molecule has 0 bridgehead atoms. The van der Waals surface area contributed by atoms with E-state index in [1.54, 1.807) is 5.51 Å². The van der Waals surface area contributed by atoms with E-state index in [0.29, 0.717) is 0 Å². The van der Waals surface area contributed by atoms with Gasteiger partial charge in [-0.25, -0.2) is 18.6 Å². The second-order valence-electron chi connectivity index (χ2n) is 4.44. The normalized spacial score (nSPS) is 11.0. The van der Waals surface area contributed by atoms with Crippen LogP contribution in [0.15, 0.2) is 40.7 Å². The molecule has 0 aliphatic rings. The molecule has 0 spiro atoms. The zero-order valence-electron chi connectivity index (χ0n) is 11.0. The van der Waals surface area contributed by atoms with E-state index in [1.165, 1.54) is 23.1 Å². The van der Waals surface area contributed by atoms with Crippen LogP contribution in [-0.2, 0) is 5.75 Å². The number of thioether (sulfide) groups is 1. The van der Waals surface area contributed by atoms with Gasteiger partial charge in [0.25, 0.3) is 0 Å². The Kier molecular flexibility index (Phi) is 4.08. The third-order valence-electron chi connectivity index (χ3n) is 3.12. The van der Waals surface area contributed by atoms with Crippen molar-refractivity contribution in [3.05, 3.63) is 58.6 Å². The number of hydrogen-bond acceptors (Lipinski definition) is 4. The van der Waals surface area contributed by atoms with Crippen molar-refractivity contribution in [1.29, 1.82) is 0 Å². The standard InChI is InChI=1S/C15H9F2NO2S2/c16-10-5-4-8(15(19)20)9(13(10)17)6-21-12-3-1-2-11-14(12)22-7-18-11/h1-5,7H,6H2,(H,19,20). The van der Waals surface area contributed by atoms with E-state index in [1.807, 2.05) is 18.2 Å². The zero-order chi connectivity index (χ0) is 15.7. The first kappa shape index (κ1) is 14.9. The lowest BCUT2D eigenvalue weighted by Gasteiger charge is -2.08. The quantitative estimate of drug-likeness (QED) is 0.709. The van der Waals surface area contributed by atoms with Crippen molar-refractivity contribution in [2.24, 2.45) is 0 Å². The van der Waals surface area contributed by atoms with Crippen LogP contribution in [0.2, 0.25) is 0 Å². The third-order valence-corrected chi connectivity index (χ3v) is 5.21. The highest BCUT2D eigenvalue weighted by Gasteiger charge is 2.18. The molecule has 0 amide bonds. The first-order chi connectivity index (χ1) is 10.6. The molecule has 7 heteroatoms. The van der Waals surface area contributed by atoms with Gasteiger partial charge in [-0.3, -0.25) is 0 Å². The molecule has 1 N–H and O–H groups in total. The number of hydrogen-bond donors (Lipinski definition) is 1. The number of carbonyl (C=O) groups is 1. The minimum absolute atomic E-state index is 0.0300. The second kappa shape index (κ2) is 6.02. The van der Waals surface area contributed by atoms with Crippen molar-refractivity contribution in [3.63, 3.8) is 0 Å². The largest absolute Gasteiger partial charge is 0.478 e. The van der Waals surface area contributed by atoms with Crippen LogP contribution < -0.4 is 0 Å². The highest BCUT2D eigenvalue weighted by atomic mass is 32.2. The van der Waals surface area contributed by atoms with Crippen molar-refractivity contribution < 1.29 is 18.7 Å². The molecule has 3 nitrogen and oxygen atoms in total. The summed E-state index contributed by atoms with van der Waals surface area (Å²) >= 11 is 2.71. The molecule has 3 aromatic rings. The molecule has 1 heterocycles. The Bertz CT molecular complexity index is 864. The summed E-state index contributed by atoms with van der Waals surface area (Å²) in [4.78, 5) is 16.2. The number of carboxylic acids is 1. The summed E-state index contributed by atoms with van der Waals surface area (Å²) in [5.41, 5.74) is 2.18. The Labute approximate surface area is 132 Å². The summed E-state index contributed by atoms with van der Waals surface area (Å²) in [5.74, 6) is -3.40. The molecule has 3 rings (SSSR count). The van der Waals surface area contributed by atoms with Gasteiger partial charge in [-0.15, -0.1) is 23.1 Å². The average molecular weight is 337 g/mol. The van der Waals surface area contributed by atoms with Gasteiger partial charge in [0.05, 0.1) is 21.3 Å². The fraction of sp³-hybridized carbons (Fsp3) is 0.0667. The van der Waals surface area contributed by atoms with Crippen molar-refractivity contribution in [2.75, 3.05) is 0 Å². The van der Waals surface area contributed by atoms with Gasteiger partial charge in [0.15, 0.2) is 11.6 Å². The Hall–Kier alpha value is -1.99. The molecule has 22 heavy (non-hydrogen) atoms. The van der Waals surface area contributed by atoms with Crippen molar-refractivity contribution >= 4 is 39.3 Å². The molecule has 0 aliphatic carbocycles. The number of fused-ring (bicyclic) bond motifs is 1. The summed E-state index contributed by atoms with van der Waals surface area (Å²) in [6.07, 6.45) is 0. The van der Waals surface area contributed by atoms with Crippen LogP contribution in [0, 0.1) is 11.6 Å². The van der Waals surface area contributed by atoms with E-state index in [2.05, 4.69) is 4.98 Å². The van der Waals surface area contributed by atoms with Gasteiger partial charge in [0.2, 0.25) is 0 Å². The summed E-state index contributed by atoms with van der Waals surface area (Å²) < 4.78 is 28.2. The first-order valence-electron chi connectivity index (χ1n) is 6.23. The van der Waals surface area contributed by atoms with Crippen molar-refractivity contribution in [2.45, 2.75) is 10.6 Å². The van der Waals surface area contributed by atoms with Crippen molar-refractivity contribution in [1.82, 2.24) is 4.98 Å². The number of carboxylic acid groups (broad SMARTS) is 1. The van der Waals surface area contributed by atoms with E-state index in [0.717, 1.165) is 27.2 Å². The first-order valence-corrected chi connectivity index (χ1v) is 8.09. The predicted molar refractivity (Wildman–Crippen MR) is 82.5 cm³/mol. The Morgan fingerprint density at radius 2 is 2.09 bits per heavy atom. The van der Waals surface area contributed by atoms with Gasteiger partial charge in [0, 0.05) is 16.2 Å². The molecule has 0 radical (unpaired) electrons. The van der Waals surface area contributed by atoms with Crippen LogP contribution in [0.25, 0.3) is 10.2 Å². The van der Waals surface area contributed by atoms with Gasteiger partial charge in [0.1, 0.15) is 0 Å². The highest BCUT2D eigenvalue weighted by molar-refractivity contribution is 7.98. The zero-order valence-corrected chi connectivity index (χ0v) is 12.7. The van der Waals surface area contributed by atoms with E-state index in [4.69, 9.17) is 5.11 Å². The molecule has 0 saturated heterocycles. The Morgan fingerprint density at radius 1 is 1.27 bits per heavy atom. The molecule has 0 saturated carbocycles. The van der Waals surface area contributed by atoms with Crippen LogP contribution in [0.5, 0.6) is 0 Å². The predicted octanol–water partition coefficient (Wildman–Crippen LogP) is 4.57. The van der Waals surface area contributed by atoms with Crippen LogP contribution in [-0.4, -0.2) is 16.1 Å². The van der Waals surface area contributed by atoms with Crippen LogP contribution in [0.4, 0.5) is 8.78 Å². The maximum absolute atomic E-state index is 13.9. The fourth-order valence-corrected chi connectivity index (χ4v) is 4.07. The van der Waals surface area contributed by atoms with Gasteiger partial charge in [-0.1, -0.05) is 6.07 Å². The maximum Gasteiger partial charge on any atom is 0.336 e. The number of benzene rings is 2. The molecule has 112 valence electrons. The van der Waals surface area contributed by atoms with Gasteiger partial charge in [-0.2, -0.15) is 0 Å². The van der Waals surface area contributed by atoms with E-state index in [9.17, 15) is 13.6 Å². The monoisotopic (exact) mass is 337 g/mol. The third kappa shape index (κ3) is 2.69. The second-order valence-corrected chi connectivity index (χ2v) is 6.31. The molecule has 0 unspecified atom stereocenters. The molecule has 0 fully saturated rings. The molecular formula is C15H9F2NO2S2. The Morgan fingerprint density at radius 3 is 2.86 bits per heavy atom. The number of aromatic carboxylic acids is 1. The minimum Gasteiger partial charge on any atom is -0.478 e. The van der Waals surface area contributed by atoms with E-state index in [-0.39, 0.29) is 16.9 Å². The summed E-state index contributed by atoms with van der Waals surface area (Å²) in [6.45, 7) is 0.